The Morgan fingerprint density at radius 2 is 2.00 bits per heavy atom. The van der Waals surface area contributed by atoms with Crippen molar-refractivity contribution in [1.82, 2.24) is 9.84 Å². The number of carbonyl (C=O) groups is 1. The number of aromatic carboxylic acids is 1. The summed E-state index contributed by atoms with van der Waals surface area (Å²) >= 11 is 0. The lowest BCUT2D eigenvalue weighted by molar-refractivity contribution is 0.0272. The Bertz CT molecular complexity index is 656. The summed E-state index contributed by atoms with van der Waals surface area (Å²) in [7, 11) is -3.96. The van der Waals surface area contributed by atoms with Crippen LogP contribution in [0.25, 0.3) is 0 Å². The molecular weight excluding hydrogens is 303 g/mol. The molecule has 2 N–H and O–H groups in total. The van der Waals surface area contributed by atoms with E-state index in [9.17, 15) is 17.6 Å². The molecule has 0 spiro atoms. The molecule has 0 amide bonds. The fraction of sp³-hybridized carbons (Fsp3) is 0.417. The van der Waals surface area contributed by atoms with Crippen LogP contribution in [0.4, 0.5) is 4.39 Å². The van der Waals surface area contributed by atoms with E-state index in [0.717, 1.165) is 12.1 Å². The summed E-state index contributed by atoms with van der Waals surface area (Å²) in [6.07, 6.45) is 0. The van der Waals surface area contributed by atoms with Crippen molar-refractivity contribution in [2.75, 3.05) is 26.3 Å². The average molecular weight is 318 g/mol. The maximum absolute atomic E-state index is 13.7. The molecule has 1 saturated heterocycles. The zero-order valence-corrected chi connectivity index (χ0v) is 12.1. The van der Waals surface area contributed by atoms with Gasteiger partial charge >= 0.3 is 5.97 Å². The van der Waals surface area contributed by atoms with E-state index in [0.29, 0.717) is 26.3 Å². The van der Waals surface area contributed by atoms with E-state index in [1.807, 2.05) is 0 Å². The summed E-state index contributed by atoms with van der Waals surface area (Å²) in [6.45, 7) is 2.86. The Kier molecular flexibility index (Phi) is 4.57. The number of carboxylic acids is 1. The molecule has 1 aromatic carbocycles. The number of benzene rings is 1. The number of hydrazine groups is 1. The number of morpholine rings is 1. The molecule has 2 rings (SSSR count). The van der Waals surface area contributed by atoms with Gasteiger partial charge in [0.25, 0.3) is 10.0 Å². The quantitative estimate of drug-likeness (QED) is 0.832. The van der Waals surface area contributed by atoms with Gasteiger partial charge in [0.15, 0.2) is 0 Å². The summed E-state index contributed by atoms with van der Waals surface area (Å²) < 4.78 is 43.2. The number of hydrogen-bond acceptors (Lipinski definition) is 5. The molecular formula is C12H15FN2O5S. The minimum Gasteiger partial charge on any atom is -0.478 e. The molecule has 1 aromatic rings. The Hall–Kier alpha value is -1.55. The summed E-state index contributed by atoms with van der Waals surface area (Å²) in [4.78, 5) is 13.0. The third kappa shape index (κ3) is 3.56. The zero-order chi connectivity index (χ0) is 15.6. The fourth-order valence-electron chi connectivity index (χ4n) is 1.92. The van der Waals surface area contributed by atoms with Crippen molar-refractivity contribution >= 4 is 16.0 Å². The second-order valence-electron chi connectivity index (χ2n) is 4.60. The fourth-order valence-corrected chi connectivity index (χ4v) is 3.16. The lowest BCUT2D eigenvalue weighted by Crippen LogP contribution is -2.48. The van der Waals surface area contributed by atoms with Gasteiger partial charge in [0.2, 0.25) is 0 Å². The van der Waals surface area contributed by atoms with Crippen LogP contribution >= 0.6 is 0 Å². The highest BCUT2D eigenvalue weighted by molar-refractivity contribution is 7.89. The third-order valence-corrected chi connectivity index (χ3v) is 4.38. The van der Waals surface area contributed by atoms with Crippen LogP contribution in [0.1, 0.15) is 15.9 Å². The van der Waals surface area contributed by atoms with Gasteiger partial charge < -0.3 is 9.84 Å². The first-order valence-electron chi connectivity index (χ1n) is 6.20. The number of rotatable bonds is 4. The Morgan fingerprint density at radius 1 is 1.38 bits per heavy atom. The molecule has 0 unspecified atom stereocenters. The predicted molar refractivity (Wildman–Crippen MR) is 70.8 cm³/mol. The number of carboxylic acid groups (broad SMARTS) is 1. The molecule has 0 saturated carbocycles. The van der Waals surface area contributed by atoms with Crippen molar-refractivity contribution in [3.63, 3.8) is 0 Å². The SMILES string of the molecule is Cc1cc(S(=O)(=O)NN2CCOCC2)cc(C(=O)O)c1F. The molecule has 1 fully saturated rings. The van der Waals surface area contributed by atoms with Gasteiger partial charge in [-0.25, -0.2) is 22.6 Å². The second-order valence-corrected chi connectivity index (χ2v) is 6.26. The van der Waals surface area contributed by atoms with E-state index in [1.54, 1.807) is 0 Å². The normalized spacial score (nSPS) is 16.9. The molecule has 0 radical (unpaired) electrons. The van der Waals surface area contributed by atoms with Crippen LogP contribution < -0.4 is 4.83 Å². The van der Waals surface area contributed by atoms with Crippen LogP contribution in [-0.2, 0) is 14.8 Å². The molecule has 0 aromatic heterocycles. The maximum Gasteiger partial charge on any atom is 0.338 e. The van der Waals surface area contributed by atoms with Crippen LogP contribution in [0.3, 0.4) is 0 Å². The maximum atomic E-state index is 13.7. The molecule has 1 aliphatic heterocycles. The molecule has 0 bridgehead atoms. The zero-order valence-electron chi connectivity index (χ0n) is 11.3. The van der Waals surface area contributed by atoms with Crippen molar-refractivity contribution in [1.29, 1.82) is 0 Å². The lowest BCUT2D eigenvalue weighted by atomic mass is 10.1. The molecule has 0 atom stereocenters. The third-order valence-electron chi connectivity index (χ3n) is 3.03. The highest BCUT2D eigenvalue weighted by atomic mass is 32.2. The van der Waals surface area contributed by atoms with Gasteiger partial charge in [0.05, 0.1) is 23.7 Å². The van der Waals surface area contributed by atoms with Crippen LogP contribution in [0.5, 0.6) is 0 Å². The number of hydrogen-bond donors (Lipinski definition) is 2. The van der Waals surface area contributed by atoms with Crippen LogP contribution in [0.15, 0.2) is 17.0 Å². The number of halogens is 1. The topological polar surface area (TPSA) is 95.9 Å². The summed E-state index contributed by atoms with van der Waals surface area (Å²) in [5.74, 6) is -2.45. The number of aryl methyl sites for hydroxylation is 1. The monoisotopic (exact) mass is 318 g/mol. The van der Waals surface area contributed by atoms with Gasteiger partial charge in [-0.15, -0.1) is 4.83 Å². The summed E-state index contributed by atoms with van der Waals surface area (Å²) in [5, 5.41) is 10.4. The summed E-state index contributed by atoms with van der Waals surface area (Å²) in [5.41, 5.74) is -0.713. The van der Waals surface area contributed by atoms with Gasteiger partial charge in [0, 0.05) is 13.1 Å². The minimum absolute atomic E-state index is 0.0442. The molecule has 7 nitrogen and oxygen atoms in total. The minimum atomic E-state index is -3.96. The van der Waals surface area contributed by atoms with Crippen LogP contribution in [-0.4, -0.2) is 50.8 Å². The molecule has 21 heavy (non-hydrogen) atoms. The van der Waals surface area contributed by atoms with Gasteiger partial charge in [-0.1, -0.05) is 0 Å². The highest BCUT2D eigenvalue weighted by Crippen LogP contribution is 2.19. The largest absolute Gasteiger partial charge is 0.478 e. The van der Waals surface area contributed by atoms with E-state index in [4.69, 9.17) is 9.84 Å². The second kappa shape index (κ2) is 6.06. The van der Waals surface area contributed by atoms with Gasteiger partial charge in [-0.2, -0.15) is 0 Å². The van der Waals surface area contributed by atoms with E-state index >= 15 is 0 Å². The van der Waals surface area contributed by atoms with E-state index in [2.05, 4.69) is 4.83 Å². The molecule has 0 aliphatic carbocycles. The highest BCUT2D eigenvalue weighted by Gasteiger charge is 2.24. The molecule has 1 aliphatic rings. The smallest absolute Gasteiger partial charge is 0.338 e. The van der Waals surface area contributed by atoms with E-state index in [1.165, 1.54) is 11.9 Å². The Balaban J connectivity index is 2.33. The lowest BCUT2D eigenvalue weighted by Gasteiger charge is -2.26. The molecule has 9 heteroatoms. The van der Waals surface area contributed by atoms with Crippen molar-refractivity contribution in [3.05, 3.63) is 29.1 Å². The standard InChI is InChI=1S/C12H15FN2O5S/c1-8-6-9(7-10(11(8)13)12(16)17)21(18,19)14-15-2-4-20-5-3-15/h6-7,14H,2-5H2,1H3,(H,16,17). The first-order valence-corrected chi connectivity index (χ1v) is 7.68. The first-order chi connectivity index (χ1) is 9.81. The van der Waals surface area contributed by atoms with Gasteiger partial charge in [-0.05, 0) is 24.6 Å². The molecule has 1 heterocycles. The number of nitrogens with one attached hydrogen (secondary N) is 1. The predicted octanol–water partition coefficient (Wildman–Crippen LogP) is 0.358. The Morgan fingerprint density at radius 3 is 2.57 bits per heavy atom. The number of nitrogens with zero attached hydrogens (tertiary/aromatic N) is 1. The van der Waals surface area contributed by atoms with Gasteiger partial charge in [0.1, 0.15) is 5.82 Å². The number of ether oxygens (including phenoxy) is 1. The molecule has 116 valence electrons. The van der Waals surface area contributed by atoms with E-state index < -0.39 is 27.4 Å². The number of sulfonamides is 1. The van der Waals surface area contributed by atoms with Crippen molar-refractivity contribution in [3.8, 4) is 0 Å². The van der Waals surface area contributed by atoms with E-state index in [-0.39, 0.29) is 10.5 Å². The van der Waals surface area contributed by atoms with Crippen LogP contribution in [0, 0.1) is 12.7 Å². The van der Waals surface area contributed by atoms with Crippen molar-refractivity contribution < 1.29 is 27.4 Å². The average Bonchev–Trinajstić information content (AvgIpc) is 2.41. The summed E-state index contributed by atoms with van der Waals surface area (Å²) in [6, 6.07) is 1.91. The van der Waals surface area contributed by atoms with Crippen molar-refractivity contribution in [2.24, 2.45) is 0 Å². The van der Waals surface area contributed by atoms with Crippen molar-refractivity contribution in [2.45, 2.75) is 11.8 Å². The van der Waals surface area contributed by atoms with Crippen LogP contribution in [0.2, 0.25) is 0 Å². The first kappa shape index (κ1) is 15.8. The Labute approximate surface area is 121 Å². The van der Waals surface area contributed by atoms with Gasteiger partial charge in [-0.3, -0.25) is 0 Å².